The molecule has 1 fully saturated rings. The van der Waals surface area contributed by atoms with Crippen LogP contribution in [0.25, 0.3) is 0 Å². The lowest BCUT2D eigenvalue weighted by Gasteiger charge is -2.11. The van der Waals surface area contributed by atoms with Gasteiger partial charge in [-0.15, -0.1) is 0 Å². The predicted octanol–water partition coefficient (Wildman–Crippen LogP) is 1.34. The Balaban J connectivity index is 2.07. The Kier molecular flexibility index (Phi) is 7.28. The molecule has 1 N–H and O–H groups in total. The summed E-state index contributed by atoms with van der Waals surface area (Å²) in [4.78, 5) is 46.4. The second kappa shape index (κ2) is 8.73. The van der Waals surface area contributed by atoms with Gasteiger partial charge in [-0.3, -0.25) is 24.1 Å². The molecule has 6 nitrogen and oxygen atoms in total. The summed E-state index contributed by atoms with van der Waals surface area (Å²) < 4.78 is 0. The Bertz CT molecular complexity index is 382. The SMILES string of the molecule is CNC(=O)CCCCC(=O)CCCN1C(=O)CSC1=O. The molecule has 1 aliphatic heterocycles. The third-order valence-electron chi connectivity index (χ3n) is 3.07. The van der Waals surface area contributed by atoms with Crippen molar-refractivity contribution in [1.82, 2.24) is 10.2 Å². The second-order valence-electron chi connectivity index (χ2n) is 4.62. The maximum atomic E-state index is 11.6. The molecule has 7 heteroatoms. The van der Waals surface area contributed by atoms with Gasteiger partial charge in [0.05, 0.1) is 5.75 Å². The van der Waals surface area contributed by atoms with Crippen molar-refractivity contribution >= 4 is 34.6 Å². The lowest BCUT2D eigenvalue weighted by atomic mass is 10.1. The second-order valence-corrected chi connectivity index (χ2v) is 5.55. The van der Waals surface area contributed by atoms with Gasteiger partial charge < -0.3 is 5.32 Å². The number of nitrogens with zero attached hydrogens (tertiary/aromatic N) is 1. The van der Waals surface area contributed by atoms with Crippen LogP contribution >= 0.6 is 11.8 Å². The van der Waals surface area contributed by atoms with E-state index in [4.69, 9.17) is 0 Å². The van der Waals surface area contributed by atoms with E-state index in [-0.39, 0.29) is 28.6 Å². The molecule has 1 rings (SSSR count). The number of nitrogens with one attached hydrogen (secondary N) is 1. The number of hydrogen-bond acceptors (Lipinski definition) is 5. The van der Waals surface area contributed by atoms with E-state index in [1.807, 2.05) is 0 Å². The molecule has 0 aromatic carbocycles. The first-order valence-electron chi connectivity index (χ1n) is 6.74. The lowest BCUT2D eigenvalue weighted by Crippen LogP contribution is -2.29. The first-order valence-corrected chi connectivity index (χ1v) is 7.72. The van der Waals surface area contributed by atoms with Gasteiger partial charge in [-0.05, 0) is 19.3 Å². The average molecular weight is 300 g/mol. The highest BCUT2D eigenvalue weighted by Crippen LogP contribution is 2.19. The van der Waals surface area contributed by atoms with Gasteiger partial charge >= 0.3 is 0 Å². The number of Topliss-reactive ketones (excluding diaryl/α,β-unsaturated/α-hetero) is 1. The van der Waals surface area contributed by atoms with Gasteiger partial charge in [-0.2, -0.15) is 0 Å². The molecule has 0 atom stereocenters. The predicted molar refractivity (Wildman–Crippen MR) is 76.3 cm³/mol. The smallest absolute Gasteiger partial charge is 0.288 e. The van der Waals surface area contributed by atoms with Gasteiger partial charge in [-0.1, -0.05) is 11.8 Å². The van der Waals surface area contributed by atoms with Gasteiger partial charge in [0, 0.05) is 32.9 Å². The fourth-order valence-electron chi connectivity index (χ4n) is 1.89. The molecule has 20 heavy (non-hydrogen) atoms. The zero-order valence-corrected chi connectivity index (χ0v) is 12.5. The number of carbonyl (C=O) groups is 4. The van der Waals surface area contributed by atoms with Gasteiger partial charge in [0.25, 0.3) is 5.24 Å². The minimum Gasteiger partial charge on any atom is -0.359 e. The van der Waals surface area contributed by atoms with Crippen molar-refractivity contribution in [2.45, 2.75) is 38.5 Å². The van der Waals surface area contributed by atoms with Crippen LogP contribution in [0.5, 0.6) is 0 Å². The van der Waals surface area contributed by atoms with Crippen molar-refractivity contribution < 1.29 is 19.2 Å². The lowest BCUT2D eigenvalue weighted by molar-refractivity contribution is -0.125. The quantitative estimate of drug-likeness (QED) is 0.650. The van der Waals surface area contributed by atoms with Gasteiger partial charge in [0.2, 0.25) is 11.8 Å². The zero-order valence-electron chi connectivity index (χ0n) is 11.6. The molecule has 0 saturated carbocycles. The number of amides is 3. The van der Waals surface area contributed by atoms with Crippen LogP contribution in [0.3, 0.4) is 0 Å². The maximum absolute atomic E-state index is 11.6. The highest BCUT2D eigenvalue weighted by atomic mass is 32.2. The summed E-state index contributed by atoms with van der Waals surface area (Å²) in [5.74, 6) is 0.152. The van der Waals surface area contributed by atoms with E-state index in [0.717, 1.165) is 11.8 Å². The summed E-state index contributed by atoms with van der Waals surface area (Å²) in [6.45, 7) is 0.328. The number of hydrogen-bond donors (Lipinski definition) is 1. The number of carbonyl (C=O) groups excluding carboxylic acids is 4. The summed E-state index contributed by atoms with van der Waals surface area (Å²) in [5, 5.41) is 2.32. The third kappa shape index (κ3) is 5.73. The van der Waals surface area contributed by atoms with Crippen LogP contribution in [0, 0.1) is 0 Å². The monoisotopic (exact) mass is 300 g/mol. The summed E-state index contributed by atoms with van der Waals surface area (Å²) in [5.41, 5.74) is 0. The Morgan fingerprint density at radius 3 is 2.40 bits per heavy atom. The van der Waals surface area contributed by atoms with Crippen LogP contribution in [0.2, 0.25) is 0 Å². The van der Waals surface area contributed by atoms with E-state index in [1.165, 1.54) is 4.90 Å². The standard InChI is InChI=1S/C13H20N2O4S/c1-14-11(17)7-3-2-5-10(16)6-4-8-15-12(18)9-20-13(15)19/h2-9H2,1H3,(H,14,17). The summed E-state index contributed by atoms with van der Waals surface area (Å²) in [6.07, 6.45) is 3.19. The Morgan fingerprint density at radius 2 is 1.80 bits per heavy atom. The largest absolute Gasteiger partial charge is 0.359 e. The van der Waals surface area contributed by atoms with E-state index in [0.29, 0.717) is 45.1 Å². The molecular formula is C13H20N2O4S. The van der Waals surface area contributed by atoms with E-state index >= 15 is 0 Å². The van der Waals surface area contributed by atoms with E-state index in [1.54, 1.807) is 7.05 Å². The Morgan fingerprint density at radius 1 is 1.15 bits per heavy atom. The number of unbranched alkanes of at least 4 members (excludes halogenated alkanes) is 1. The highest BCUT2D eigenvalue weighted by molar-refractivity contribution is 8.14. The number of ketones is 1. The van der Waals surface area contributed by atoms with Crippen LogP contribution in [0.4, 0.5) is 4.79 Å². The van der Waals surface area contributed by atoms with Crippen LogP contribution in [0.1, 0.15) is 38.5 Å². The molecule has 0 bridgehead atoms. The van der Waals surface area contributed by atoms with Crippen molar-refractivity contribution in [2.24, 2.45) is 0 Å². The first-order chi connectivity index (χ1) is 9.54. The molecule has 0 aromatic rings. The minimum absolute atomic E-state index is 0.0130. The molecule has 0 unspecified atom stereocenters. The zero-order chi connectivity index (χ0) is 15.0. The minimum atomic E-state index is -0.215. The molecule has 112 valence electrons. The van der Waals surface area contributed by atoms with Crippen molar-refractivity contribution in [3.63, 3.8) is 0 Å². The van der Waals surface area contributed by atoms with Crippen molar-refractivity contribution in [2.75, 3.05) is 19.3 Å². The molecule has 1 saturated heterocycles. The molecule has 0 aromatic heterocycles. The first kappa shape index (κ1) is 16.7. The Labute approximate surface area is 122 Å². The summed E-state index contributed by atoms with van der Waals surface area (Å²) in [6, 6.07) is 0. The molecule has 0 spiro atoms. The van der Waals surface area contributed by atoms with Crippen molar-refractivity contribution in [1.29, 1.82) is 0 Å². The van der Waals surface area contributed by atoms with E-state index in [9.17, 15) is 19.2 Å². The van der Waals surface area contributed by atoms with Gasteiger partial charge in [-0.25, -0.2) is 0 Å². The fraction of sp³-hybridized carbons (Fsp3) is 0.692. The molecule has 1 heterocycles. The van der Waals surface area contributed by atoms with E-state index < -0.39 is 0 Å². The summed E-state index contributed by atoms with van der Waals surface area (Å²) >= 11 is 1.01. The molecule has 3 amide bonds. The molecular weight excluding hydrogens is 280 g/mol. The highest BCUT2D eigenvalue weighted by Gasteiger charge is 2.29. The summed E-state index contributed by atoms with van der Waals surface area (Å²) in [7, 11) is 1.59. The van der Waals surface area contributed by atoms with Crippen LogP contribution in [-0.4, -0.2) is 47.1 Å². The fourth-order valence-corrected chi connectivity index (χ4v) is 2.64. The number of thioether (sulfide) groups is 1. The van der Waals surface area contributed by atoms with Crippen molar-refractivity contribution in [3.8, 4) is 0 Å². The van der Waals surface area contributed by atoms with Crippen LogP contribution in [-0.2, 0) is 14.4 Å². The normalized spacial score (nSPS) is 14.8. The van der Waals surface area contributed by atoms with Gasteiger partial charge in [0.1, 0.15) is 5.78 Å². The Hall–Kier alpha value is -1.37. The van der Waals surface area contributed by atoms with Crippen LogP contribution in [0.15, 0.2) is 0 Å². The molecule has 1 aliphatic rings. The number of imide groups is 1. The van der Waals surface area contributed by atoms with Crippen LogP contribution < -0.4 is 5.32 Å². The molecule has 0 aliphatic carbocycles. The third-order valence-corrected chi connectivity index (χ3v) is 3.92. The average Bonchev–Trinajstić information content (AvgIpc) is 2.75. The molecule has 0 radical (unpaired) electrons. The van der Waals surface area contributed by atoms with Gasteiger partial charge in [0.15, 0.2) is 0 Å². The number of rotatable bonds is 9. The van der Waals surface area contributed by atoms with Crippen molar-refractivity contribution in [3.05, 3.63) is 0 Å². The topological polar surface area (TPSA) is 83.6 Å². The van der Waals surface area contributed by atoms with E-state index in [2.05, 4.69) is 5.32 Å². The maximum Gasteiger partial charge on any atom is 0.288 e.